The Hall–Kier alpha value is -2.15. The predicted molar refractivity (Wildman–Crippen MR) is 76.2 cm³/mol. The number of anilines is 1. The molecule has 1 aliphatic heterocycles. The summed E-state index contributed by atoms with van der Waals surface area (Å²) in [5.41, 5.74) is -0.103. The fraction of sp³-hybridized carbons (Fsp3) is 0.500. The number of aromatic hydroxyl groups is 1. The fourth-order valence-corrected chi connectivity index (χ4v) is 2.34. The van der Waals surface area contributed by atoms with Crippen molar-refractivity contribution in [2.75, 3.05) is 18.5 Å². The third-order valence-electron chi connectivity index (χ3n) is 3.58. The van der Waals surface area contributed by atoms with Crippen molar-refractivity contribution in [3.05, 3.63) is 28.3 Å². The summed E-state index contributed by atoms with van der Waals surface area (Å²) in [6.07, 6.45) is 3.10. The molecule has 0 radical (unpaired) electrons. The summed E-state index contributed by atoms with van der Waals surface area (Å²) in [5.74, 6) is -0.0969. The van der Waals surface area contributed by atoms with Gasteiger partial charge in [-0.3, -0.25) is 14.9 Å². The van der Waals surface area contributed by atoms with Gasteiger partial charge in [-0.1, -0.05) is 0 Å². The molecule has 1 heterocycles. The van der Waals surface area contributed by atoms with E-state index >= 15 is 0 Å². The minimum atomic E-state index is -0.687. The normalized spacial score (nSPS) is 15.6. The zero-order chi connectivity index (χ0) is 15.2. The highest BCUT2D eigenvalue weighted by Gasteiger charge is 2.17. The first-order chi connectivity index (χ1) is 10.1. The van der Waals surface area contributed by atoms with Crippen LogP contribution in [0.2, 0.25) is 0 Å². The Morgan fingerprint density at radius 2 is 2.14 bits per heavy atom. The van der Waals surface area contributed by atoms with Crippen molar-refractivity contribution >= 4 is 17.3 Å². The number of benzene rings is 1. The standard InChI is InChI=1S/C14H18N2O5/c17-13-3-2-11(9-12(13)16(19)20)15-14(18)4-1-10-5-7-21-8-6-10/h2-3,9-10,17H,1,4-8H2,(H,15,18). The molecule has 0 spiro atoms. The largest absolute Gasteiger partial charge is 0.502 e. The van der Waals surface area contributed by atoms with Crippen LogP contribution < -0.4 is 5.32 Å². The number of hydrogen-bond donors (Lipinski definition) is 2. The number of phenols is 1. The lowest BCUT2D eigenvalue weighted by atomic mass is 9.95. The molecule has 7 nitrogen and oxygen atoms in total. The average Bonchev–Trinajstić information content (AvgIpc) is 2.48. The summed E-state index contributed by atoms with van der Waals surface area (Å²) in [7, 11) is 0. The van der Waals surface area contributed by atoms with E-state index in [1.165, 1.54) is 12.1 Å². The molecule has 0 aliphatic carbocycles. The molecule has 0 aromatic heterocycles. The zero-order valence-electron chi connectivity index (χ0n) is 11.6. The van der Waals surface area contributed by atoms with Gasteiger partial charge in [0.25, 0.3) is 0 Å². The Kier molecular flexibility index (Phi) is 5.10. The Bertz CT molecular complexity index is 526. The fourth-order valence-electron chi connectivity index (χ4n) is 2.34. The third-order valence-corrected chi connectivity index (χ3v) is 3.58. The summed E-state index contributed by atoms with van der Waals surface area (Å²) < 4.78 is 5.26. The van der Waals surface area contributed by atoms with E-state index in [1.54, 1.807) is 0 Å². The van der Waals surface area contributed by atoms with Crippen LogP contribution in [0.3, 0.4) is 0 Å². The molecule has 1 fully saturated rings. The van der Waals surface area contributed by atoms with E-state index < -0.39 is 16.4 Å². The Balaban J connectivity index is 1.87. The third kappa shape index (κ3) is 4.42. The van der Waals surface area contributed by atoms with Crippen LogP contribution in [0.1, 0.15) is 25.7 Å². The number of phenolic OH excluding ortho intramolecular Hbond substituents is 1. The number of nitrogens with one attached hydrogen (secondary N) is 1. The maximum absolute atomic E-state index is 11.8. The van der Waals surface area contributed by atoms with Crippen molar-refractivity contribution in [1.29, 1.82) is 0 Å². The van der Waals surface area contributed by atoms with Crippen molar-refractivity contribution in [2.24, 2.45) is 5.92 Å². The Morgan fingerprint density at radius 3 is 2.81 bits per heavy atom. The number of carbonyl (C=O) groups excluding carboxylic acids is 1. The molecule has 0 bridgehead atoms. The summed E-state index contributed by atoms with van der Waals surface area (Å²) in [6.45, 7) is 1.49. The first kappa shape index (κ1) is 15.2. The van der Waals surface area contributed by atoms with E-state index in [0.29, 0.717) is 18.0 Å². The number of nitro groups is 1. The average molecular weight is 294 g/mol. The van der Waals surface area contributed by atoms with Gasteiger partial charge < -0.3 is 15.2 Å². The van der Waals surface area contributed by atoms with E-state index in [0.717, 1.165) is 38.5 Å². The number of rotatable bonds is 5. The highest BCUT2D eigenvalue weighted by Crippen LogP contribution is 2.28. The molecule has 0 saturated carbocycles. The maximum atomic E-state index is 11.8. The molecule has 1 aliphatic rings. The van der Waals surface area contributed by atoms with Crippen molar-refractivity contribution in [3.63, 3.8) is 0 Å². The van der Waals surface area contributed by atoms with Gasteiger partial charge >= 0.3 is 5.69 Å². The van der Waals surface area contributed by atoms with Gasteiger partial charge in [-0.25, -0.2) is 0 Å². The highest BCUT2D eigenvalue weighted by atomic mass is 16.6. The minimum absolute atomic E-state index is 0.179. The van der Waals surface area contributed by atoms with Crippen molar-refractivity contribution in [3.8, 4) is 5.75 Å². The van der Waals surface area contributed by atoms with Gasteiger partial charge in [0, 0.05) is 31.4 Å². The van der Waals surface area contributed by atoms with Crippen molar-refractivity contribution < 1.29 is 19.6 Å². The molecule has 2 N–H and O–H groups in total. The Morgan fingerprint density at radius 1 is 1.43 bits per heavy atom. The van der Waals surface area contributed by atoms with E-state index in [4.69, 9.17) is 4.74 Å². The van der Waals surface area contributed by atoms with Gasteiger partial charge in [-0.2, -0.15) is 0 Å². The van der Waals surface area contributed by atoms with Crippen LogP contribution in [0.5, 0.6) is 5.75 Å². The molecule has 114 valence electrons. The first-order valence-corrected chi connectivity index (χ1v) is 6.91. The smallest absolute Gasteiger partial charge is 0.312 e. The lowest BCUT2D eigenvalue weighted by molar-refractivity contribution is -0.385. The SMILES string of the molecule is O=C(CCC1CCOCC1)Nc1ccc(O)c([N+](=O)[O-])c1. The maximum Gasteiger partial charge on any atom is 0.312 e. The van der Waals surface area contributed by atoms with Gasteiger partial charge in [0.1, 0.15) is 0 Å². The van der Waals surface area contributed by atoms with Crippen LogP contribution in [0.4, 0.5) is 11.4 Å². The molecule has 1 saturated heterocycles. The molecule has 7 heteroatoms. The molecular weight excluding hydrogens is 276 g/mol. The summed E-state index contributed by atoms with van der Waals surface area (Å²) in [5, 5.41) is 22.7. The van der Waals surface area contributed by atoms with E-state index in [2.05, 4.69) is 5.32 Å². The van der Waals surface area contributed by atoms with Crippen LogP contribution >= 0.6 is 0 Å². The molecule has 0 atom stereocenters. The van der Waals surface area contributed by atoms with Crippen LogP contribution in [0.15, 0.2) is 18.2 Å². The molecule has 1 aromatic carbocycles. The highest BCUT2D eigenvalue weighted by molar-refractivity contribution is 5.91. The molecule has 2 rings (SSSR count). The van der Waals surface area contributed by atoms with Gasteiger partial charge in [-0.15, -0.1) is 0 Å². The summed E-state index contributed by atoms with van der Waals surface area (Å²) >= 11 is 0. The lowest BCUT2D eigenvalue weighted by Crippen LogP contribution is -2.18. The summed E-state index contributed by atoms with van der Waals surface area (Å²) in [4.78, 5) is 21.9. The van der Waals surface area contributed by atoms with Crippen molar-refractivity contribution in [2.45, 2.75) is 25.7 Å². The van der Waals surface area contributed by atoms with Crippen LogP contribution in [0.25, 0.3) is 0 Å². The number of ether oxygens (including phenoxy) is 1. The zero-order valence-corrected chi connectivity index (χ0v) is 11.6. The Labute approximate surface area is 122 Å². The van der Waals surface area contributed by atoms with Gasteiger partial charge in [0.05, 0.1) is 4.92 Å². The molecule has 1 amide bonds. The topological polar surface area (TPSA) is 102 Å². The number of nitrogens with zero attached hydrogens (tertiary/aromatic N) is 1. The number of hydrogen-bond acceptors (Lipinski definition) is 5. The van der Waals surface area contributed by atoms with Crippen LogP contribution in [-0.2, 0) is 9.53 Å². The minimum Gasteiger partial charge on any atom is -0.502 e. The second-order valence-electron chi connectivity index (χ2n) is 5.10. The lowest BCUT2D eigenvalue weighted by Gasteiger charge is -2.21. The quantitative estimate of drug-likeness (QED) is 0.493. The second kappa shape index (κ2) is 7.03. The van der Waals surface area contributed by atoms with Crippen molar-refractivity contribution in [1.82, 2.24) is 0 Å². The first-order valence-electron chi connectivity index (χ1n) is 6.91. The van der Waals surface area contributed by atoms with Crippen LogP contribution in [-0.4, -0.2) is 29.2 Å². The van der Waals surface area contributed by atoms with E-state index in [-0.39, 0.29) is 5.91 Å². The molecule has 21 heavy (non-hydrogen) atoms. The number of amides is 1. The summed E-state index contributed by atoms with van der Waals surface area (Å²) in [6, 6.07) is 3.79. The molecular formula is C14H18N2O5. The molecule has 0 unspecified atom stereocenters. The monoisotopic (exact) mass is 294 g/mol. The van der Waals surface area contributed by atoms with Gasteiger partial charge in [-0.05, 0) is 37.3 Å². The van der Waals surface area contributed by atoms with E-state index in [1.807, 2.05) is 0 Å². The van der Waals surface area contributed by atoms with E-state index in [9.17, 15) is 20.0 Å². The number of carbonyl (C=O) groups is 1. The predicted octanol–water partition coefficient (Wildman–Crippen LogP) is 2.45. The van der Waals surface area contributed by atoms with Gasteiger partial charge in [0.15, 0.2) is 5.75 Å². The van der Waals surface area contributed by atoms with Gasteiger partial charge in [0.2, 0.25) is 5.91 Å². The van der Waals surface area contributed by atoms with Crippen LogP contribution in [0, 0.1) is 16.0 Å². The number of nitro benzene ring substituents is 1. The second-order valence-corrected chi connectivity index (χ2v) is 5.10. The molecule has 1 aromatic rings.